The second kappa shape index (κ2) is 9.11. The molecule has 0 spiro atoms. The minimum Gasteiger partial charge on any atom is -0.507 e. The number of primary amides is 1. The number of amides is 1. The first-order chi connectivity index (χ1) is 17.5. The third-order valence-corrected chi connectivity index (χ3v) is 8.98. The molecule has 1 aromatic carbocycles. The number of fused-ring (bicyclic) bond motifs is 3. The number of carbonyl (C=O) groups is 5. The lowest BCUT2D eigenvalue weighted by atomic mass is 9.52. The Balaban J connectivity index is 1.55. The molecule has 3 saturated carbocycles. The van der Waals surface area contributed by atoms with Gasteiger partial charge >= 0.3 is 0 Å². The van der Waals surface area contributed by atoms with Crippen molar-refractivity contribution in [1.29, 1.82) is 0 Å². The molecule has 2 unspecified atom stereocenters. The first-order valence-corrected chi connectivity index (χ1v) is 12.9. The van der Waals surface area contributed by atoms with Crippen molar-refractivity contribution in [3.63, 3.8) is 0 Å². The highest BCUT2D eigenvalue weighted by Crippen LogP contribution is 2.51. The molecule has 5 N–H and O–H groups in total. The SMILES string of the molecule is CN(C)[C@@H]1C(=O)C(C(N)=O)C(=O)[C@@]2(O)C(=O)C3C(=O)c4c(O)ccc(CNC5CCCC5)c4C[C@H]3C[C@@H]12. The monoisotopic (exact) mass is 511 g/mol. The topological polar surface area (TPSA) is 167 Å². The summed E-state index contributed by atoms with van der Waals surface area (Å²) in [6.07, 6.45) is 4.83. The summed E-state index contributed by atoms with van der Waals surface area (Å²) >= 11 is 0. The molecular formula is C27H33N3O7. The fraction of sp³-hybridized carbons (Fsp3) is 0.593. The number of aliphatic hydroxyl groups is 1. The maximum atomic E-state index is 13.8. The first-order valence-electron chi connectivity index (χ1n) is 12.9. The number of nitrogens with two attached hydrogens (primary N) is 1. The smallest absolute Gasteiger partial charge is 0.235 e. The highest BCUT2D eigenvalue weighted by Gasteiger charge is 2.69. The van der Waals surface area contributed by atoms with Gasteiger partial charge in [-0.1, -0.05) is 18.9 Å². The number of phenolic OH excluding ortho intramolecular Hbond substituents is 1. The molecule has 0 saturated heterocycles. The van der Waals surface area contributed by atoms with Gasteiger partial charge in [-0.25, -0.2) is 0 Å². The maximum absolute atomic E-state index is 13.8. The van der Waals surface area contributed by atoms with E-state index in [-0.39, 0.29) is 24.2 Å². The van der Waals surface area contributed by atoms with Crippen LogP contribution < -0.4 is 11.1 Å². The van der Waals surface area contributed by atoms with Gasteiger partial charge in [-0.05, 0) is 62.9 Å². The number of nitrogens with zero attached hydrogens (tertiary/aromatic N) is 1. The number of nitrogens with one attached hydrogen (secondary N) is 1. The van der Waals surface area contributed by atoms with Crippen LogP contribution in [0.1, 0.15) is 53.6 Å². The van der Waals surface area contributed by atoms with Gasteiger partial charge < -0.3 is 21.3 Å². The molecular weight excluding hydrogens is 478 g/mol. The predicted octanol–water partition coefficient (Wildman–Crippen LogP) is -0.101. The molecule has 5 rings (SSSR count). The minimum atomic E-state index is -2.70. The van der Waals surface area contributed by atoms with Crippen LogP contribution in [0.25, 0.3) is 0 Å². The van der Waals surface area contributed by atoms with Crippen LogP contribution in [0.15, 0.2) is 12.1 Å². The fourth-order valence-electron chi connectivity index (χ4n) is 7.22. The van der Waals surface area contributed by atoms with Crippen molar-refractivity contribution in [3.8, 4) is 5.75 Å². The van der Waals surface area contributed by atoms with E-state index in [1.807, 2.05) is 0 Å². The number of aromatic hydroxyl groups is 1. The number of benzene rings is 1. The second-order valence-corrected chi connectivity index (χ2v) is 11.2. The maximum Gasteiger partial charge on any atom is 0.235 e. The van der Waals surface area contributed by atoms with Gasteiger partial charge in [0.05, 0.1) is 17.5 Å². The fourth-order valence-corrected chi connectivity index (χ4v) is 7.22. The molecule has 10 heteroatoms. The van der Waals surface area contributed by atoms with Crippen molar-refractivity contribution >= 4 is 29.0 Å². The Hall–Kier alpha value is -2.95. The van der Waals surface area contributed by atoms with Crippen molar-refractivity contribution < 1.29 is 34.2 Å². The number of carbonyl (C=O) groups excluding carboxylic acids is 5. The van der Waals surface area contributed by atoms with Crippen molar-refractivity contribution in [2.45, 2.75) is 62.8 Å². The Bertz CT molecular complexity index is 1200. The summed E-state index contributed by atoms with van der Waals surface area (Å²) in [5, 5.41) is 25.8. The lowest BCUT2D eigenvalue weighted by molar-refractivity contribution is -0.181. The quantitative estimate of drug-likeness (QED) is 0.395. The van der Waals surface area contributed by atoms with Crippen LogP contribution in [0, 0.1) is 23.7 Å². The number of ketones is 4. The molecule has 0 radical (unpaired) electrons. The van der Waals surface area contributed by atoms with E-state index < -0.39 is 64.4 Å². The Labute approximate surface area is 214 Å². The van der Waals surface area contributed by atoms with Crippen molar-refractivity contribution in [2.75, 3.05) is 14.1 Å². The normalized spacial score (nSPS) is 33.9. The summed E-state index contributed by atoms with van der Waals surface area (Å²) in [7, 11) is 3.14. The van der Waals surface area contributed by atoms with Gasteiger partial charge in [0.25, 0.3) is 0 Å². The van der Waals surface area contributed by atoms with Crippen molar-refractivity contribution in [1.82, 2.24) is 10.2 Å². The number of hydrogen-bond donors (Lipinski definition) is 4. The molecule has 1 aromatic rings. The third kappa shape index (κ3) is 3.76. The first kappa shape index (κ1) is 25.7. The zero-order valence-electron chi connectivity index (χ0n) is 21.0. The zero-order valence-corrected chi connectivity index (χ0v) is 21.0. The average molecular weight is 512 g/mol. The van der Waals surface area contributed by atoms with Gasteiger partial charge in [-0.3, -0.25) is 28.9 Å². The zero-order chi connectivity index (χ0) is 26.8. The van der Waals surface area contributed by atoms with E-state index in [0.29, 0.717) is 18.2 Å². The van der Waals surface area contributed by atoms with E-state index in [2.05, 4.69) is 5.32 Å². The summed E-state index contributed by atoms with van der Waals surface area (Å²) < 4.78 is 0. The lowest BCUT2D eigenvalue weighted by Crippen LogP contribution is -2.74. The van der Waals surface area contributed by atoms with Crippen molar-refractivity contribution in [2.24, 2.45) is 29.4 Å². The number of rotatable bonds is 5. The molecule has 0 heterocycles. The molecule has 0 aromatic heterocycles. The van der Waals surface area contributed by atoms with Gasteiger partial charge in [0, 0.05) is 18.5 Å². The molecule has 0 bridgehead atoms. The highest BCUT2D eigenvalue weighted by atomic mass is 16.3. The molecule has 10 nitrogen and oxygen atoms in total. The van der Waals surface area contributed by atoms with E-state index in [9.17, 15) is 34.2 Å². The number of phenols is 1. The van der Waals surface area contributed by atoms with Crippen LogP contribution in [0.2, 0.25) is 0 Å². The molecule has 4 aliphatic rings. The largest absolute Gasteiger partial charge is 0.507 e. The van der Waals surface area contributed by atoms with Gasteiger partial charge in [-0.2, -0.15) is 0 Å². The van der Waals surface area contributed by atoms with Crippen LogP contribution in [-0.4, -0.2) is 75.9 Å². The molecule has 1 amide bonds. The van der Waals surface area contributed by atoms with Gasteiger partial charge in [0.15, 0.2) is 34.7 Å². The van der Waals surface area contributed by atoms with Gasteiger partial charge in [-0.15, -0.1) is 0 Å². The summed E-state index contributed by atoms with van der Waals surface area (Å²) in [5.74, 6) is -10.2. The number of hydrogen-bond acceptors (Lipinski definition) is 9. The van der Waals surface area contributed by atoms with E-state index in [0.717, 1.165) is 18.4 Å². The molecule has 6 atom stereocenters. The van der Waals surface area contributed by atoms with Crippen LogP contribution in [0.5, 0.6) is 5.75 Å². The average Bonchev–Trinajstić information content (AvgIpc) is 3.34. The lowest BCUT2D eigenvalue weighted by Gasteiger charge is -2.52. The molecule has 4 aliphatic carbocycles. The Kier molecular flexibility index (Phi) is 6.32. The second-order valence-electron chi connectivity index (χ2n) is 11.2. The third-order valence-electron chi connectivity index (χ3n) is 8.98. The number of likely N-dealkylation sites (N-methyl/N-ethyl adjacent to an activating group) is 1. The van der Waals surface area contributed by atoms with Crippen LogP contribution in [0.4, 0.5) is 0 Å². The van der Waals surface area contributed by atoms with E-state index in [4.69, 9.17) is 5.73 Å². The molecule has 198 valence electrons. The Morgan fingerprint density at radius 2 is 1.81 bits per heavy atom. The molecule has 3 fully saturated rings. The van der Waals surface area contributed by atoms with Crippen LogP contribution in [-0.2, 0) is 32.1 Å². The van der Waals surface area contributed by atoms with E-state index in [1.54, 1.807) is 20.2 Å². The van der Waals surface area contributed by atoms with Gasteiger partial charge in [0.2, 0.25) is 5.91 Å². The van der Waals surface area contributed by atoms with Gasteiger partial charge in [0.1, 0.15) is 5.75 Å². The summed E-state index contributed by atoms with van der Waals surface area (Å²) in [6, 6.07) is 2.50. The standard InChI is InChI=1S/C27H33N3O7/c1-30(2)21-16-10-13-9-15-12(11-29-14-5-3-4-6-14)7-8-17(31)19(15)22(32)18(13)24(34)27(16,37)25(35)20(23(21)33)26(28)36/h7-8,13-14,16,18,20-21,29,31,37H,3-6,9-11H2,1-2H3,(H2,28,36)/t13-,16-,18?,20?,21-,27-/m0/s1. The van der Waals surface area contributed by atoms with Crippen LogP contribution >= 0.6 is 0 Å². The Morgan fingerprint density at radius 1 is 1.14 bits per heavy atom. The summed E-state index contributed by atoms with van der Waals surface area (Å²) in [5.41, 5.74) is 4.19. The van der Waals surface area contributed by atoms with E-state index >= 15 is 0 Å². The summed E-state index contributed by atoms with van der Waals surface area (Å²) in [6.45, 7) is 0.511. The predicted molar refractivity (Wildman–Crippen MR) is 130 cm³/mol. The molecule has 37 heavy (non-hydrogen) atoms. The van der Waals surface area contributed by atoms with Crippen molar-refractivity contribution in [3.05, 3.63) is 28.8 Å². The molecule has 0 aliphatic heterocycles. The minimum absolute atomic E-state index is 0.0392. The van der Waals surface area contributed by atoms with E-state index in [1.165, 1.54) is 23.8 Å². The number of Topliss-reactive ketones (excluding diaryl/α,β-unsaturated/α-hetero) is 4. The highest BCUT2D eigenvalue weighted by molar-refractivity contribution is 6.32. The summed E-state index contributed by atoms with van der Waals surface area (Å²) in [4.78, 5) is 67.5. The van der Waals surface area contributed by atoms with Crippen LogP contribution in [0.3, 0.4) is 0 Å². The Morgan fingerprint density at radius 3 is 2.43 bits per heavy atom.